The molecule has 0 spiro atoms. The van der Waals surface area contributed by atoms with Crippen molar-refractivity contribution < 1.29 is 4.79 Å². The van der Waals surface area contributed by atoms with E-state index in [-0.39, 0.29) is 11.4 Å². The summed E-state index contributed by atoms with van der Waals surface area (Å²) in [7, 11) is 0. The molecule has 1 aromatic rings. The Kier molecular flexibility index (Phi) is 3.38. The number of carbonyl (C=O) groups excluding carboxylic acids is 1. The van der Waals surface area contributed by atoms with Gasteiger partial charge in [0.05, 0.1) is 6.20 Å². The van der Waals surface area contributed by atoms with Crippen molar-refractivity contribution in [3.63, 3.8) is 0 Å². The van der Waals surface area contributed by atoms with E-state index < -0.39 is 0 Å². The molecule has 0 saturated heterocycles. The van der Waals surface area contributed by atoms with Gasteiger partial charge >= 0.3 is 0 Å². The van der Waals surface area contributed by atoms with E-state index in [1.165, 1.54) is 6.20 Å². The summed E-state index contributed by atoms with van der Waals surface area (Å²) in [6, 6.07) is 0. The van der Waals surface area contributed by atoms with Gasteiger partial charge in [0.15, 0.2) is 0 Å². The molecule has 1 rings (SSSR count). The molecule has 0 aromatic carbocycles. The Balaban J connectivity index is 2.61. The van der Waals surface area contributed by atoms with E-state index in [1.54, 1.807) is 0 Å². The minimum Gasteiger partial charge on any atom is -0.346 e. The molecular formula is C7H10BrN3OS. The third kappa shape index (κ3) is 3.04. The minimum absolute atomic E-state index is 0.126. The zero-order chi connectivity index (χ0) is 9.90. The first-order valence-corrected chi connectivity index (χ1v) is 5.60. The normalized spacial score (nSPS) is 11.3. The van der Waals surface area contributed by atoms with Gasteiger partial charge in [-0.3, -0.25) is 4.79 Å². The number of aromatic nitrogens is 2. The standard InChI is InChI=1S/C7H10BrN3OS/c1-7(2,4-8)10-6(12)5-3-9-11-13-5/h3H,4H2,1-2H3,(H,10,12). The van der Waals surface area contributed by atoms with Crippen molar-refractivity contribution in [3.8, 4) is 0 Å². The Morgan fingerprint density at radius 3 is 2.92 bits per heavy atom. The van der Waals surface area contributed by atoms with Crippen LogP contribution in [-0.4, -0.2) is 26.4 Å². The van der Waals surface area contributed by atoms with E-state index in [1.807, 2.05) is 13.8 Å². The predicted molar refractivity (Wildman–Crippen MR) is 55.2 cm³/mol. The topological polar surface area (TPSA) is 54.9 Å². The molecule has 0 aliphatic rings. The average Bonchev–Trinajstić information content (AvgIpc) is 2.55. The first kappa shape index (κ1) is 10.6. The Morgan fingerprint density at radius 1 is 1.77 bits per heavy atom. The second-order valence-corrected chi connectivity index (χ2v) is 4.60. The molecule has 1 N–H and O–H groups in total. The maximum absolute atomic E-state index is 11.5. The van der Waals surface area contributed by atoms with Crippen LogP contribution >= 0.6 is 27.5 Å². The van der Waals surface area contributed by atoms with E-state index in [2.05, 4.69) is 30.8 Å². The lowest BCUT2D eigenvalue weighted by Gasteiger charge is -2.22. The molecule has 6 heteroatoms. The molecule has 0 unspecified atom stereocenters. The summed E-state index contributed by atoms with van der Waals surface area (Å²) >= 11 is 4.41. The molecule has 1 amide bonds. The van der Waals surface area contributed by atoms with Crippen LogP contribution in [0, 0.1) is 0 Å². The van der Waals surface area contributed by atoms with Crippen molar-refractivity contribution in [1.82, 2.24) is 14.9 Å². The van der Waals surface area contributed by atoms with Gasteiger partial charge in [-0.1, -0.05) is 20.4 Å². The van der Waals surface area contributed by atoms with Gasteiger partial charge in [0, 0.05) is 10.9 Å². The van der Waals surface area contributed by atoms with Crippen LogP contribution in [0.1, 0.15) is 23.5 Å². The van der Waals surface area contributed by atoms with Gasteiger partial charge in [-0.15, -0.1) is 5.10 Å². The minimum atomic E-state index is -0.249. The first-order chi connectivity index (χ1) is 6.05. The molecule has 13 heavy (non-hydrogen) atoms. The Bertz CT molecular complexity index is 286. The molecule has 1 heterocycles. The number of carbonyl (C=O) groups is 1. The molecule has 0 bridgehead atoms. The third-order valence-electron chi connectivity index (χ3n) is 1.37. The third-order valence-corrected chi connectivity index (χ3v) is 3.44. The highest BCUT2D eigenvalue weighted by Crippen LogP contribution is 2.09. The molecule has 1 aromatic heterocycles. The lowest BCUT2D eigenvalue weighted by Crippen LogP contribution is -2.44. The molecule has 0 saturated carbocycles. The predicted octanol–water partition coefficient (Wildman–Crippen LogP) is 1.44. The maximum Gasteiger partial charge on any atom is 0.265 e. The summed E-state index contributed by atoms with van der Waals surface area (Å²) in [6.45, 7) is 3.88. The number of hydrogen-bond acceptors (Lipinski definition) is 4. The Hall–Kier alpha value is -0.490. The van der Waals surface area contributed by atoms with E-state index >= 15 is 0 Å². The van der Waals surface area contributed by atoms with Crippen molar-refractivity contribution >= 4 is 33.4 Å². The first-order valence-electron chi connectivity index (χ1n) is 3.71. The van der Waals surface area contributed by atoms with Crippen LogP contribution in [0.3, 0.4) is 0 Å². The van der Waals surface area contributed by atoms with E-state index in [9.17, 15) is 4.79 Å². The zero-order valence-corrected chi connectivity index (χ0v) is 9.78. The van der Waals surface area contributed by atoms with Gasteiger partial charge in [0.2, 0.25) is 0 Å². The maximum atomic E-state index is 11.5. The number of halogens is 1. The van der Waals surface area contributed by atoms with Crippen LogP contribution < -0.4 is 5.32 Å². The quantitative estimate of drug-likeness (QED) is 0.840. The highest BCUT2D eigenvalue weighted by atomic mass is 79.9. The molecule has 0 radical (unpaired) electrons. The molecule has 0 atom stereocenters. The van der Waals surface area contributed by atoms with Crippen molar-refractivity contribution in [2.45, 2.75) is 19.4 Å². The SMILES string of the molecule is CC(C)(CBr)NC(=O)c1cnns1. The van der Waals surface area contributed by atoms with Gasteiger partial charge in [-0.25, -0.2) is 0 Å². The summed E-state index contributed by atoms with van der Waals surface area (Å²) in [5, 5.41) is 7.15. The lowest BCUT2D eigenvalue weighted by molar-refractivity contribution is 0.0925. The van der Waals surface area contributed by atoms with Crippen molar-refractivity contribution in [1.29, 1.82) is 0 Å². The van der Waals surface area contributed by atoms with Crippen molar-refractivity contribution in [3.05, 3.63) is 11.1 Å². The Morgan fingerprint density at radius 2 is 2.46 bits per heavy atom. The molecule has 0 fully saturated rings. The molecule has 0 aliphatic carbocycles. The Labute approximate surface area is 89.0 Å². The average molecular weight is 264 g/mol. The second kappa shape index (κ2) is 4.15. The van der Waals surface area contributed by atoms with Gasteiger partial charge in [0.25, 0.3) is 5.91 Å². The van der Waals surface area contributed by atoms with Crippen LogP contribution in [-0.2, 0) is 0 Å². The lowest BCUT2D eigenvalue weighted by atomic mass is 10.1. The van der Waals surface area contributed by atoms with Gasteiger partial charge in [0.1, 0.15) is 4.88 Å². The fraction of sp³-hybridized carbons (Fsp3) is 0.571. The second-order valence-electron chi connectivity index (χ2n) is 3.25. The summed E-state index contributed by atoms with van der Waals surface area (Å²) < 4.78 is 3.62. The van der Waals surface area contributed by atoms with E-state index in [0.717, 1.165) is 11.5 Å². The molecular weight excluding hydrogens is 254 g/mol. The fourth-order valence-corrected chi connectivity index (χ4v) is 1.22. The fourth-order valence-electron chi connectivity index (χ4n) is 0.670. The van der Waals surface area contributed by atoms with Crippen LogP contribution in [0.2, 0.25) is 0 Å². The number of nitrogens with one attached hydrogen (secondary N) is 1. The van der Waals surface area contributed by atoms with Crippen molar-refractivity contribution in [2.24, 2.45) is 0 Å². The summed E-state index contributed by atoms with van der Waals surface area (Å²) in [5.74, 6) is -0.126. The number of amides is 1. The zero-order valence-electron chi connectivity index (χ0n) is 7.37. The molecule has 4 nitrogen and oxygen atoms in total. The molecule has 0 aliphatic heterocycles. The monoisotopic (exact) mass is 263 g/mol. The number of alkyl halides is 1. The largest absolute Gasteiger partial charge is 0.346 e. The van der Waals surface area contributed by atoms with Crippen LogP contribution in [0.15, 0.2) is 6.20 Å². The highest BCUT2D eigenvalue weighted by molar-refractivity contribution is 9.09. The number of hydrogen-bond donors (Lipinski definition) is 1. The number of nitrogens with zero attached hydrogens (tertiary/aromatic N) is 2. The van der Waals surface area contributed by atoms with Crippen LogP contribution in [0.5, 0.6) is 0 Å². The highest BCUT2D eigenvalue weighted by Gasteiger charge is 2.20. The van der Waals surface area contributed by atoms with Gasteiger partial charge in [-0.2, -0.15) is 0 Å². The summed E-state index contributed by atoms with van der Waals surface area (Å²) in [6.07, 6.45) is 1.46. The number of rotatable bonds is 3. The van der Waals surface area contributed by atoms with Crippen LogP contribution in [0.4, 0.5) is 0 Å². The van der Waals surface area contributed by atoms with E-state index in [0.29, 0.717) is 10.2 Å². The van der Waals surface area contributed by atoms with E-state index in [4.69, 9.17) is 0 Å². The summed E-state index contributed by atoms with van der Waals surface area (Å²) in [4.78, 5) is 12.0. The van der Waals surface area contributed by atoms with Gasteiger partial charge < -0.3 is 5.32 Å². The van der Waals surface area contributed by atoms with Crippen molar-refractivity contribution in [2.75, 3.05) is 5.33 Å². The van der Waals surface area contributed by atoms with Crippen LogP contribution in [0.25, 0.3) is 0 Å². The van der Waals surface area contributed by atoms with Gasteiger partial charge in [-0.05, 0) is 25.4 Å². The summed E-state index contributed by atoms with van der Waals surface area (Å²) in [5.41, 5.74) is -0.249. The molecule has 72 valence electrons. The smallest absolute Gasteiger partial charge is 0.265 e.